The maximum Gasteiger partial charge on any atom is 0.217 e. The highest BCUT2D eigenvalue weighted by Gasteiger charge is 2.27. The predicted molar refractivity (Wildman–Crippen MR) is 132 cm³/mol. The molecule has 1 unspecified atom stereocenters. The molecule has 0 amide bonds. The Morgan fingerprint density at radius 1 is 0.818 bits per heavy atom. The lowest BCUT2D eigenvalue weighted by molar-refractivity contribution is 0.128. The second-order valence-corrected chi connectivity index (χ2v) is 11.0. The molecule has 0 aliphatic carbocycles. The normalized spacial score (nSPS) is 15.8. The highest BCUT2D eigenvalue weighted by atomic mass is 32.3. The maximum absolute atomic E-state index is 10.0. The second kappa shape index (κ2) is 13.5. The van der Waals surface area contributed by atoms with Crippen LogP contribution in [-0.4, -0.2) is 31.4 Å². The molecule has 1 aliphatic rings. The van der Waals surface area contributed by atoms with Gasteiger partial charge in [-0.3, -0.25) is 4.18 Å². The standard InChI is InChI=1S/C19H23OS.C7H8O4S/c1-3-8-17(9-4-1)14-21(16-19-12-7-13-20-19)15-18-10-5-2-6-11-18;8-12(9,10)11-6-7-4-2-1-3-5-7/h1-6,8-11,19H,7,12-16H2;1-5H,6H2,(H,8,9,10)/q+1;/p-1. The lowest BCUT2D eigenvalue weighted by atomic mass is 10.2. The first-order valence-electron chi connectivity index (χ1n) is 11.0. The fourth-order valence-corrected chi connectivity index (χ4v) is 6.28. The van der Waals surface area contributed by atoms with Gasteiger partial charge in [-0.1, -0.05) is 91.0 Å². The summed E-state index contributed by atoms with van der Waals surface area (Å²) in [7, 11) is -4.21. The van der Waals surface area contributed by atoms with E-state index in [2.05, 4.69) is 64.8 Å². The van der Waals surface area contributed by atoms with Crippen molar-refractivity contribution in [3.63, 3.8) is 0 Å². The summed E-state index contributed by atoms with van der Waals surface area (Å²) in [5, 5.41) is 0. The van der Waals surface area contributed by atoms with Crippen LogP contribution < -0.4 is 0 Å². The number of benzene rings is 3. The zero-order valence-electron chi connectivity index (χ0n) is 18.5. The van der Waals surface area contributed by atoms with Crippen molar-refractivity contribution in [2.75, 3.05) is 12.4 Å². The quantitative estimate of drug-likeness (QED) is 0.246. The van der Waals surface area contributed by atoms with Gasteiger partial charge in [-0.2, -0.15) is 0 Å². The van der Waals surface area contributed by atoms with E-state index in [4.69, 9.17) is 4.74 Å². The zero-order valence-corrected chi connectivity index (χ0v) is 20.2. The topological polar surface area (TPSA) is 75.7 Å². The van der Waals surface area contributed by atoms with Gasteiger partial charge in [-0.25, -0.2) is 8.42 Å². The molecule has 1 saturated heterocycles. The third-order valence-electron chi connectivity index (χ3n) is 5.09. The molecule has 3 aromatic carbocycles. The molecule has 1 heterocycles. The van der Waals surface area contributed by atoms with Crippen molar-refractivity contribution in [2.24, 2.45) is 0 Å². The molecule has 7 heteroatoms. The van der Waals surface area contributed by atoms with Gasteiger partial charge in [0.1, 0.15) is 23.4 Å². The van der Waals surface area contributed by atoms with Crippen LogP contribution in [0.4, 0.5) is 0 Å². The molecule has 176 valence electrons. The van der Waals surface area contributed by atoms with E-state index < -0.39 is 10.4 Å². The Hall–Kier alpha value is -2.16. The van der Waals surface area contributed by atoms with Crippen LogP contribution in [0.2, 0.25) is 0 Å². The monoisotopic (exact) mass is 486 g/mol. The fourth-order valence-electron chi connectivity index (χ4n) is 3.54. The van der Waals surface area contributed by atoms with Gasteiger partial charge in [-0.05, 0) is 29.3 Å². The van der Waals surface area contributed by atoms with Crippen molar-refractivity contribution in [2.45, 2.75) is 37.1 Å². The number of hydrogen-bond donors (Lipinski definition) is 0. The minimum atomic E-state index is -4.57. The summed E-state index contributed by atoms with van der Waals surface area (Å²) in [5.41, 5.74) is 3.56. The Bertz CT molecular complexity index is 981. The Morgan fingerprint density at radius 2 is 1.30 bits per heavy atom. The minimum Gasteiger partial charge on any atom is -0.726 e. The minimum absolute atomic E-state index is 0.202. The SMILES string of the molecule is O=S(=O)([O-])OCc1ccccc1.c1ccc(C[S+](Cc2ccccc2)CC2CCCO2)cc1. The van der Waals surface area contributed by atoms with Crippen LogP contribution >= 0.6 is 0 Å². The molecule has 3 aromatic rings. The van der Waals surface area contributed by atoms with Crippen molar-refractivity contribution < 1.29 is 21.9 Å². The third-order valence-corrected chi connectivity index (χ3v) is 7.82. The summed E-state index contributed by atoms with van der Waals surface area (Å²) in [6.07, 6.45) is 2.96. The van der Waals surface area contributed by atoms with Gasteiger partial charge in [-0.15, -0.1) is 0 Å². The van der Waals surface area contributed by atoms with E-state index in [-0.39, 0.29) is 6.61 Å². The molecule has 0 aromatic heterocycles. The molecule has 0 radical (unpaired) electrons. The van der Waals surface area contributed by atoms with Gasteiger partial charge in [0, 0.05) is 17.7 Å². The van der Waals surface area contributed by atoms with Gasteiger partial charge >= 0.3 is 0 Å². The second-order valence-electron chi connectivity index (χ2n) is 7.83. The van der Waals surface area contributed by atoms with Gasteiger partial charge in [0.25, 0.3) is 0 Å². The molecule has 5 nitrogen and oxygen atoms in total. The summed E-state index contributed by atoms with van der Waals surface area (Å²) in [4.78, 5) is 0. The summed E-state index contributed by atoms with van der Waals surface area (Å²) >= 11 is 0. The fraction of sp³-hybridized carbons (Fsp3) is 0.308. The summed E-state index contributed by atoms with van der Waals surface area (Å²) in [6, 6.07) is 30.4. The molecule has 1 fully saturated rings. The van der Waals surface area contributed by atoms with Crippen LogP contribution in [0.15, 0.2) is 91.0 Å². The molecule has 0 bridgehead atoms. The average Bonchev–Trinajstić information content (AvgIpc) is 3.33. The maximum atomic E-state index is 10.0. The Balaban J connectivity index is 0.000000218. The molecular weight excluding hydrogens is 456 g/mol. The van der Waals surface area contributed by atoms with E-state index in [0.717, 1.165) is 6.61 Å². The summed E-state index contributed by atoms with van der Waals surface area (Å²) in [5.74, 6) is 3.56. The van der Waals surface area contributed by atoms with E-state index in [0.29, 0.717) is 22.6 Å². The predicted octanol–water partition coefficient (Wildman–Crippen LogP) is 4.85. The van der Waals surface area contributed by atoms with E-state index >= 15 is 0 Å². The van der Waals surface area contributed by atoms with Crippen molar-refractivity contribution in [1.82, 2.24) is 0 Å². The lowest BCUT2D eigenvalue weighted by Gasteiger charge is -2.13. The third kappa shape index (κ3) is 10.5. The largest absolute Gasteiger partial charge is 0.726 e. The number of hydrogen-bond acceptors (Lipinski definition) is 5. The highest BCUT2D eigenvalue weighted by Crippen LogP contribution is 2.21. The smallest absolute Gasteiger partial charge is 0.217 e. The van der Waals surface area contributed by atoms with Crippen LogP contribution in [0, 0.1) is 0 Å². The van der Waals surface area contributed by atoms with Gasteiger partial charge in [0.05, 0.1) is 6.61 Å². The first-order valence-corrected chi connectivity index (χ1v) is 14.0. The first kappa shape index (κ1) is 25.5. The molecular formula is C26H30O5S2. The van der Waals surface area contributed by atoms with E-state index in [9.17, 15) is 13.0 Å². The van der Waals surface area contributed by atoms with Gasteiger partial charge < -0.3 is 9.29 Å². The van der Waals surface area contributed by atoms with Crippen LogP contribution in [0.25, 0.3) is 0 Å². The van der Waals surface area contributed by atoms with Gasteiger partial charge in [0.15, 0.2) is 0 Å². The van der Waals surface area contributed by atoms with Crippen molar-refractivity contribution >= 4 is 21.3 Å². The highest BCUT2D eigenvalue weighted by molar-refractivity contribution is 7.95. The molecule has 0 N–H and O–H groups in total. The van der Waals surface area contributed by atoms with E-state index in [1.807, 2.05) is 0 Å². The molecule has 0 spiro atoms. The molecule has 4 rings (SSSR count). The van der Waals surface area contributed by atoms with Crippen LogP contribution in [-0.2, 0) is 48.3 Å². The zero-order chi connectivity index (χ0) is 23.4. The summed E-state index contributed by atoms with van der Waals surface area (Å²) < 4.78 is 40.0. The Kier molecular flexibility index (Phi) is 10.4. The van der Waals surface area contributed by atoms with E-state index in [1.165, 1.54) is 41.2 Å². The molecule has 0 saturated carbocycles. The molecule has 1 atom stereocenters. The van der Waals surface area contributed by atoms with Crippen molar-refractivity contribution in [3.8, 4) is 0 Å². The summed E-state index contributed by atoms with van der Waals surface area (Å²) in [6.45, 7) is 0.755. The average molecular weight is 487 g/mol. The lowest BCUT2D eigenvalue weighted by Crippen LogP contribution is -2.23. The first-order chi connectivity index (χ1) is 16.0. The van der Waals surface area contributed by atoms with Crippen molar-refractivity contribution in [1.29, 1.82) is 0 Å². The Morgan fingerprint density at radius 3 is 1.73 bits per heavy atom. The van der Waals surface area contributed by atoms with Crippen LogP contribution in [0.5, 0.6) is 0 Å². The molecule has 1 aliphatic heterocycles. The number of ether oxygens (including phenoxy) is 1. The van der Waals surface area contributed by atoms with Crippen LogP contribution in [0.3, 0.4) is 0 Å². The Labute approximate surface area is 200 Å². The van der Waals surface area contributed by atoms with E-state index in [1.54, 1.807) is 30.3 Å². The van der Waals surface area contributed by atoms with Crippen LogP contribution in [0.1, 0.15) is 29.5 Å². The molecule has 33 heavy (non-hydrogen) atoms. The van der Waals surface area contributed by atoms with Gasteiger partial charge in [0.2, 0.25) is 10.4 Å². The number of rotatable bonds is 9. The van der Waals surface area contributed by atoms with Crippen molar-refractivity contribution in [3.05, 3.63) is 108 Å².